The van der Waals surface area contributed by atoms with E-state index in [1.807, 2.05) is 31.2 Å². The lowest BCUT2D eigenvalue weighted by molar-refractivity contribution is 0.0730. The topological polar surface area (TPSA) is 90.0 Å². The van der Waals surface area contributed by atoms with Gasteiger partial charge >= 0.3 is 0 Å². The molecule has 206 valence electrons. The fourth-order valence-corrected chi connectivity index (χ4v) is 8.18. The molecule has 1 fully saturated rings. The Balaban J connectivity index is 1.43. The number of carbonyl (C=O) groups excluding carboxylic acids is 2. The first-order valence-electron chi connectivity index (χ1n) is 13.3. The highest BCUT2D eigenvalue weighted by atomic mass is 32.2. The summed E-state index contributed by atoms with van der Waals surface area (Å²) >= 11 is 1.57. The summed E-state index contributed by atoms with van der Waals surface area (Å²) in [6.45, 7) is 3.11. The first kappa shape index (κ1) is 27.7. The minimum Gasteiger partial charge on any atom is -0.497 e. The molecule has 0 amide bonds. The smallest absolute Gasteiger partial charge is 0.243 e. The van der Waals surface area contributed by atoms with Crippen molar-refractivity contribution < 1.29 is 27.5 Å². The third-order valence-corrected chi connectivity index (χ3v) is 10.7. The van der Waals surface area contributed by atoms with Crippen LogP contribution in [0, 0.1) is 6.92 Å². The highest BCUT2D eigenvalue weighted by Gasteiger charge is 2.29. The molecule has 2 heterocycles. The van der Waals surface area contributed by atoms with E-state index in [4.69, 9.17) is 9.47 Å². The Morgan fingerprint density at radius 1 is 0.974 bits per heavy atom. The van der Waals surface area contributed by atoms with E-state index in [9.17, 15) is 18.0 Å². The molecule has 0 atom stereocenters. The van der Waals surface area contributed by atoms with Gasteiger partial charge in [-0.1, -0.05) is 18.2 Å². The Hall–Kier alpha value is -2.85. The number of carbonyl (C=O) groups is 2. The monoisotopic (exact) mass is 567 g/mol. The Morgan fingerprint density at radius 3 is 2.41 bits per heavy atom. The summed E-state index contributed by atoms with van der Waals surface area (Å²) in [5.74, 6) is 0.574. The molecule has 1 aliphatic heterocycles. The van der Waals surface area contributed by atoms with Gasteiger partial charge in [0, 0.05) is 46.8 Å². The third kappa shape index (κ3) is 5.87. The summed E-state index contributed by atoms with van der Waals surface area (Å²) in [7, 11) is -2.12. The third-order valence-electron chi connectivity index (χ3n) is 7.49. The number of fused-ring (bicyclic) bond motifs is 1. The molecular formula is C30H33NO6S2. The van der Waals surface area contributed by atoms with E-state index in [-0.39, 0.29) is 29.3 Å². The Bertz CT molecular complexity index is 1480. The van der Waals surface area contributed by atoms with Crippen molar-refractivity contribution in [1.82, 2.24) is 4.31 Å². The van der Waals surface area contributed by atoms with E-state index >= 15 is 0 Å². The van der Waals surface area contributed by atoms with Gasteiger partial charge in [-0.3, -0.25) is 9.59 Å². The van der Waals surface area contributed by atoms with E-state index in [0.717, 1.165) is 47.4 Å². The van der Waals surface area contributed by atoms with Crippen LogP contribution in [0.1, 0.15) is 60.0 Å². The van der Waals surface area contributed by atoms with Crippen LogP contribution in [0.5, 0.6) is 5.75 Å². The minimum absolute atomic E-state index is 0.0164. The number of benzene rings is 2. The predicted octanol–water partition coefficient (Wildman–Crippen LogP) is 4.82. The summed E-state index contributed by atoms with van der Waals surface area (Å²) in [5.41, 5.74) is 3.77. The van der Waals surface area contributed by atoms with Crippen LogP contribution in [0.3, 0.4) is 0 Å². The van der Waals surface area contributed by atoms with Crippen molar-refractivity contribution in [3.8, 4) is 5.75 Å². The number of sulfonamides is 1. The predicted molar refractivity (Wildman–Crippen MR) is 151 cm³/mol. The molecule has 2 aromatic carbocycles. The number of thiophene rings is 1. The van der Waals surface area contributed by atoms with Crippen molar-refractivity contribution in [1.29, 1.82) is 0 Å². The van der Waals surface area contributed by atoms with E-state index in [2.05, 4.69) is 0 Å². The largest absolute Gasteiger partial charge is 0.497 e. The number of ether oxygens (including phenoxy) is 2. The molecule has 0 N–H and O–H groups in total. The minimum atomic E-state index is -3.73. The fourth-order valence-electron chi connectivity index (χ4n) is 5.33. The van der Waals surface area contributed by atoms with Crippen molar-refractivity contribution in [2.75, 3.05) is 33.4 Å². The van der Waals surface area contributed by atoms with Crippen LogP contribution in [0.25, 0.3) is 0 Å². The molecule has 0 spiro atoms. The molecule has 0 bridgehead atoms. The molecule has 9 heteroatoms. The van der Waals surface area contributed by atoms with Crippen molar-refractivity contribution in [3.63, 3.8) is 0 Å². The maximum absolute atomic E-state index is 13.7. The molecule has 7 nitrogen and oxygen atoms in total. The molecule has 3 aromatic rings. The van der Waals surface area contributed by atoms with Crippen LogP contribution in [-0.2, 0) is 40.4 Å². The maximum Gasteiger partial charge on any atom is 0.243 e. The van der Waals surface area contributed by atoms with Gasteiger partial charge in [-0.25, -0.2) is 8.42 Å². The molecule has 0 unspecified atom stereocenters. The maximum atomic E-state index is 13.7. The quantitative estimate of drug-likeness (QED) is 0.345. The number of aryl methyl sites for hydroxylation is 2. The highest BCUT2D eigenvalue weighted by Crippen LogP contribution is 2.36. The average Bonchev–Trinajstić information content (AvgIpc) is 3.31. The van der Waals surface area contributed by atoms with Crippen molar-refractivity contribution in [2.24, 2.45) is 0 Å². The zero-order chi connectivity index (χ0) is 27.6. The van der Waals surface area contributed by atoms with Gasteiger partial charge < -0.3 is 9.47 Å². The molecule has 0 saturated carbocycles. The van der Waals surface area contributed by atoms with Crippen molar-refractivity contribution >= 4 is 32.9 Å². The lowest BCUT2D eigenvalue weighted by Gasteiger charge is -2.26. The molecular weight excluding hydrogens is 534 g/mol. The second-order valence-electron chi connectivity index (χ2n) is 10.1. The van der Waals surface area contributed by atoms with Gasteiger partial charge in [0.2, 0.25) is 10.0 Å². The molecule has 0 radical (unpaired) electrons. The summed E-state index contributed by atoms with van der Waals surface area (Å²) in [6.07, 6.45) is 4.19. The lowest BCUT2D eigenvalue weighted by Crippen LogP contribution is -2.40. The normalized spacial score (nSPS) is 16.1. The number of ketones is 2. The number of morpholine rings is 1. The van der Waals surface area contributed by atoms with Crippen molar-refractivity contribution in [2.45, 2.75) is 50.3 Å². The van der Waals surface area contributed by atoms with E-state index in [0.29, 0.717) is 43.0 Å². The van der Waals surface area contributed by atoms with Gasteiger partial charge in [-0.15, -0.1) is 11.3 Å². The number of nitrogens with zero attached hydrogens (tertiary/aromatic N) is 1. The van der Waals surface area contributed by atoms with Gasteiger partial charge in [0.25, 0.3) is 0 Å². The molecule has 39 heavy (non-hydrogen) atoms. The van der Waals surface area contributed by atoms with Gasteiger partial charge in [0.15, 0.2) is 11.6 Å². The van der Waals surface area contributed by atoms with E-state index in [1.54, 1.807) is 30.6 Å². The molecule has 1 aliphatic carbocycles. The zero-order valence-electron chi connectivity index (χ0n) is 22.3. The number of methoxy groups -OCH3 is 1. The van der Waals surface area contributed by atoms with Gasteiger partial charge in [-0.05, 0) is 73.6 Å². The van der Waals surface area contributed by atoms with Gasteiger partial charge in [0.05, 0.1) is 25.2 Å². The van der Waals surface area contributed by atoms with Crippen molar-refractivity contribution in [3.05, 3.63) is 80.0 Å². The van der Waals surface area contributed by atoms with Crippen LogP contribution < -0.4 is 4.74 Å². The average molecular weight is 568 g/mol. The molecule has 1 saturated heterocycles. The zero-order valence-corrected chi connectivity index (χ0v) is 24.0. The first-order chi connectivity index (χ1) is 18.8. The van der Waals surface area contributed by atoms with E-state index in [1.165, 1.54) is 15.2 Å². The SMILES string of the molecule is COc1ccc(CC(=O)c2c(CC(=O)c3cc(S(=O)(=O)N4CCOCC4)ccc3C)sc3c2CCCC3)cc1. The summed E-state index contributed by atoms with van der Waals surface area (Å²) in [4.78, 5) is 29.4. The number of hydrogen-bond acceptors (Lipinski definition) is 7. The Labute approximate surface area is 233 Å². The lowest BCUT2D eigenvalue weighted by atomic mass is 9.90. The number of hydrogen-bond donors (Lipinski definition) is 0. The van der Waals surface area contributed by atoms with Crippen LogP contribution in [0.15, 0.2) is 47.4 Å². The highest BCUT2D eigenvalue weighted by molar-refractivity contribution is 7.89. The summed E-state index contributed by atoms with van der Waals surface area (Å²) in [6, 6.07) is 12.2. The van der Waals surface area contributed by atoms with E-state index < -0.39 is 10.0 Å². The molecule has 5 rings (SSSR count). The molecule has 2 aliphatic rings. The van der Waals surface area contributed by atoms with Crippen LogP contribution in [0.2, 0.25) is 0 Å². The second-order valence-corrected chi connectivity index (χ2v) is 13.2. The van der Waals surface area contributed by atoms with Crippen LogP contribution >= 0.6 is 11.3 Å². The summed E-state index contributed by atoms with van der Waals surface area (Å²) < 4.78 is 38.4. The van der Waals surface area contributed by atoms with Crippen LogP contribution in [0.4, 0.5) is 0 Å². The number of rotatable bonds is 9. The standard InChI is InChI=1S/C30H33NO6S2/c1-20-7-12-23(39(34,35)31-13-15-37-16-14-31)18-25(20)26(32)19-29-30(24-5-3-4-6-28(24)38-29)27(33)17-21-8-10-22(36-2)11-9-21/h7-12,18H,3-6,13-17,19H2,1-2H3. The number of Topliss-reactive ketones (excluding diaryl/α,β-unsaturated/α-hetero) is 2. The first-order valence-corrected chi connectivity index (χ1v) is 15.5. The fraction of sp³-hybridized carbons (Fsp3) is 0.400. The van der Waals surface area contributed by atoms with Gasteiger partial charge in [0.1, 0.15) is 5.75 Å². The second kappa shape index (κ2) is 11.7. The summed E-state index contributed by atoms with van der Waals surface area (Å²) in [5, 5.41) is 0. The van der Waals surface area contributed by atoms with Crippen LogP contribution in [-0.4, -0.2) is 57.7 Å². The Kier molecular flexibility index (Phi) is 8.32. The Morgan fingerprint density at radius 2 is 1.69 bits per heavy atom. The van der Waals surface area contributed by atoms with Gasteiger partial charge in [-0.2, -0.15) is 4.31 Å². The molecule has 1 aromatic heterocycles.